The van der Waals surface area contributed by atoms with Crippen LogP contribution < -0.4 is 0 Å². The molecule has 0 aromatic heterocycles. The van der Waals surface area contributed by atoms with Crippen LogP contribution in [0.5, 0.6) is 0 Å². The average Bonchev–Trinajstić information content (AvgIpc) is 2.76. The summed E-state index contributed by atoms with van der Waals surface area (Å²) in [5.41, 5.74) is -0.248. The summed E-state index contributed by atoms with van der Waals surface area (Å²) in [6.07, 6.45) is 11.9. The van der Waals surface area contributed by atoms with E-state index in [1.807, 2.05) is 0 Å². The van der Waals surface area contributed by atoms with Gasteiger partial charge in [-0.3, -0.25) is 0 Å². The third kappa shape index (κ3) is 5.39. The van der Waals surface area contributed by atoms with E-state index in [2.05, 4.69) is 13.8 Å². The Kier molecular flexibility index (Phi) is 7.14. The number of hydrogen-bond donors (Lipinski definition) is 1. The van der Waals surface area contributed by atoms with Crippen molar-refractivity contribution in [3.8, 4) is 0 Å². The van der Waals surface area contributed by atoms with Crippen LogP contribution in [0.2, 0.25) is 0 Å². The summed E-state index contributed by atoms with van der Waals surface area (Å²) in [5.74, 6) is 0. The molecular formula is C15H30O2. The largest absolute Gasteiger partial charge is 0.390 e. The van der Waals surface area contributed by atoms with Crippen LogP contribution in [0.25, 0.3) is 0 Å². The molecule has 0 amide bonds. The Bertz CT molecular complexity index is 185. The highest BCUT2D eigenvalue weighted by Gasteiger charge is 2.36. The monoisotopic (exact) mass is 242 g/mol. The fourth-order valence-corrected chi connectivity index (χ4v) is 2.66. The van der Waals surface area contributed by atoms with Crippen molar-refractivity contribution in [2.24, 2.45) is 0 Å². The van der Waals surface area contributed by atoms with Crippen molar-refractivity contribution < 1.29 is 9.84 Å². The molecule has 0 spiro atoms. The third-order valence-corrected chi connectivity index (χ3v) is 4.04. The highest BCUT2D eigenvalue weighted by molar-refractivity contribution is 4.87. The normalized spacial score (nSPS) is 26.3. The van der Waals surface area contributed by atoms with Crippen molar-refractivity contribution in [2.75, 3.05) is 6.61 Å². The first-order chi connectivity index (χ1) is 8.19. The van der Waals surface area contributed by atoms with Gasteiger partial charge < -0.3 is 9.84 Å². The predicted octanol–water partition coefficient (Wildman–Crippen LogP) is 4.06. The number of unbranched alkanes of at least 4 members (excludes halogenated alkanes) is 6. The van der Waals surface area contributed by atoms with Gasteiger partial charge >= 0.3 is 0 Å². The van der Waals surface area contributed by atoms with E-state index in [9.17, 15) is 5.11 Å². The fourth-order valence-electron chi connectivity index (χ4n) is 2.66. The first-order valence-corrected chi connectivity index (χ1v) is 7.51. The van der Waals surface area contributed by atoms with Crippen LogP contribution in [0.3, 0.4) is 0 Å². The van der Waals surface area contributed by atoms with E-state index in [1.54, 1.807) is 0 Å². The standard InChI is InChI=1S/C15H30O2/c1-3-4-5-6-7-8-9-11-14(16)15(2)12-10-13-17-15/h14,16H,3-13H2,1-2H3. The molecule has 17 heavy (non-hydrogen) atoms. The minimum atomic E-state index is -0.263. The molecule has 0 bridgehead atoms. The Labute approximate surface area is 107 Å². The van der Waals surface area contributed by atoms with Gasteiger partial charge in [-0.05, 0) is 26.2 Å². The highest BCUT2D eigenvalue weighted by Crippen LogP contribution is 2.30. The average molecular weight is 242 g/mol. The van der Waals surface area contributed by atoms with Gasteiger partial charge in [0.05, 0.1) is 11.7 Å². The van der Waals surface area contributed by atoms with Gasteiger partial charge in [0.25, 0.3) is 0 Å². The fraction of sp³-hybridized carbons (Fsp3) is 1.00. The molecule has 1 rings (SSSR count). The summed E-state index contributed by atoms with van der Waals surface area (Å²) in [4.78, 5) is 0. The molecule has 0 radical (unpaired) electrons. The van der Waals surface area contributed by atoms with Gasteiger partial charge in [-0.15, -0.1) is 0 Å². The van der Waals surface area contributed by atoms with Gasteiger partial charge in [0, 0.05) is 6.61 Å². The molecule has 1 N–H and O–H groups in total. The molecule has 1 fully saturated rings. The molecule has 102 valence electrons. The lowest BCUT2D eigenvalue weighted by molar-refractivity contribution is -0.0810. The van der Waals surface area contributed by atoms with E-state index in [0.717, 1.165) is 32.3 Å². The van der Waals surface area contributed by atoms with Gasteiger partial charge in [-0.2, -0.15) is 0 Å². The van der Waals surface area contributed by atoms with E-state index >= 15 is 0 Å². The third-order valence-electron chi connectivity index (χ3n) is 4.04. The molecule has 2 atom stereocenters. The van der Waals surface area contributed by atoms with Crippen LogP contribution in [0.1, 0.15) is 78.1 Å². The van der Waals surface area contributed by atoms with Crippen LogP contribution >= 0.6 is 0 Å². The maximum atomic E-state index is 10.1. The summed E-state index contributed by atoms with van der Waals surface area (Å²) in [7, 11) is 0. The number of aliphatic hydroxyl groups is 1. The first kappa shape index (κ1) is 15.0. The van der Waals surface area contributed by atoms with E-state index < -0.39 is 0 Å². The number of ether oxygens (including phenoxy) is 1. The molecule has 0 saturated carbocycles. The SMILES string of the molecule is CCCCCCCCCC(O)C1(C)CCCO1. The molecular weight excluding hydrogens is 212 g/mol. The van der Waals surface area contributed by atoms with Crippen molar-refractivity contribution in [1.29, 1.82) is 0 Å². The lowest BCUT2D eigenvalue weighted by Crippen LogP contribution is -2.38. The Hall–Kier alpha value is -0.0800. The molecule has 2 heteroatoms. The van der Waals surface area contributed by atoms with E-state index in [-0.39, 0.29) is 11.7 Å². The van der Waals surface area contributed by atoms with Crippen LogP contribution in [-0.4, -0.2) is 23.4 Å². The minimum Gasteiger partial charge on any atom is -0.390 e. The molecule has 2 unspecified atom stereocenters. The van der Waals surface area contributed by atoms with Crippen LogP contribution in [0, 0.1) is 0 Å². The minimum absolute atomic E-state index is 0.248. The summed E-state index contributed by atoms with van der Waals surface area (Å²) in [6.45, 7) is 5.13. The Morgan fingerprint density at radius 3 is 2.35 bits per heavy atom. The van der Waals surface area contributed by atoms with Gasteiger partial charge in [0.1, 0.15) is 0 Å². The second-order valence-electron chi connectivity index (χ2n) is 5.69. The van der Waals surface area contributed by atoms with E-state index in [0.29, 0.717) is 0 Å². The van der Waals surface area contributed by atoms with Crippen LogP contribution in [0.15, 0.2) is 0 Å². The summed E-state index contributed by atoms with van der Waals surface area (Å²) < 4.78 is 5.66. The Morgan fingerprint density at radius 2 is 1.76 bits per heavy atom. The number of rotatable bonds is 9. The molecule has 1 saturated heterocycles. The molecule has 0 aromatic rings. The summed E-state index contributed by atoms with van der Waals surface area (Å²) in [5, 5.41) is 10.1. The van der Waals surface area contributed by atoms with Gasteiger partial charge in [0.2, 0.25) is 0 Å². The Morgan fingerprint density at radius 1 is 1.12 bits per heavy atom. The van der Waals surface area contributed by atoms with E-state index in [1.165, 1.54) is 38.5 Å². The summed E-state index contributed by atoms with van der Waals surface area (Å²) >= 11 is 0. The van der Waals surface area contributed by atoms with Gasteiger partial charge in [-0.1, -0.05) is 51.9 Å². The van der Waals surface area contributed by atoms with Gasteiger partial charge in [-0.25, -0.2) is 0 Å². The van der Waals surface area contributed by atoms with Crippen molar-refractivity contribution in [2.45, 2.75) is 89.8 Å². The quantitative estimate of drug-likeness (QED) is 0.618. The molecule has 1 heterocycles. The molecule has 1 aliphatic heterocycles. The highest BCUT2D eigenvalue weighted by atomic mass is 16.5. The molecule has 0 aromatic carbocycles. The zero-order valence-corrected chi connectivity index (χ0v) is 11.7. The van der Waals surface area contributed by atoms with Gasteiger partial charge in [0.15, 0.2) is 0 Å². The lowest BCUT2D eigenvalue weighted by Gasteiger charge is -2.29. The predicted molar refractivity (Wildman–Crippen MR) is 72.2 cm³/mol. The van der Waals surface area contributed by atoms with Crippen molar-refractivity contribution in [3.05, 3.63) is 0 Å². The Balaban J connectivity index is 1.98. The van der Waals surface area contributed by atoms with Crippen molar-refractivity contribution in [1.82, 2.24) is 0 Å². The maximum Gasteiger partial charge on any atom is 0.0913 e. The van der Waals surface area contributed by atoms with Crippen molar-refractivity contribution >= 4 is 0 Å². The smallest absolute Gasteiger partial charge is 0.0913 e. The van der Waals surface area contributed by atoms with Crippen molar-refractivity contribution in [3.63, 3.8) is 0 Å². The second kappa shape index (κ2) is 8.10. The molecule has 1 aliphatic rings. The molecule has 0 aliphatic carbocycles. The second-order valence-corrected chi connectivity index (χ2v) is 5.69. The summed E-state index contributed by atoms with van der Waals surface area (Å²) in [6, 6.07) is 0. The number of aliphatic hydroxyl groups excluding tert-OH is 1. The zero-order valence-electron chi connectivity index (χ0n) is 11.7. The molecule has 2 nitrogen and oxygen atoms in total. The number of hydrogen-bond acceptors (Lipinski definition) is 2. The first-order valence-electron chi connectivity index (χ1n) is 7.51. The maximum absolute atomic E-state index is 10.1. The zero-order chi connectivity index (χ0) is 12.6. The van der Waals surface area contributed by atoms with E-state index in [4.69, 9.17) is 4.74 Å². The lowest BCUT2D eigenvalue weighted by atomic mass is 9.91. The topological polar surface area (TPSA) is 29.5 Å². The van der Waals surface area contributed by atoms with Crippen LogP contribution in [-0.2, 0) is 4.74 Å². The van der Waals surface area contributed by atoms with Crippen LogP contribution in [0.4, 0.5) is 0 Å².